The molecule has 1 heterocycles. The van der Waals surface area contributed by atoms with E-state index in [0.717, 1.165) is 24.4 Å². The molecule has 1 fully saturated rings. The van der Waals surface area contributed by atoms with E-state index in [1.807, 2.05) is 12.1 Å². The van der Waals surface area contributed by atoms with Gasteiger partial charge in [0.15, 0.2) is 0 Å². The summed E-state index contributed by atoms with van der Waals surface area (Å²) in [4.78, 5) is 2.53. The molecular weight excluding hydrogens is 260 g/mol. The van der Waals surface area contributed by atoms with E-state index >= 15 is 0 Å². The van der Waals surface area contributed by atoms with Gasteiger partial charge in [0, 0.05) is 18.2 Å². The van der Waals surface area contributed by atoms with Gasteiger partial charge >= 0.3 is 0 Å². The third-order valence-corrected chi connectivity index (χ3v) is 5.38. The first kappa shape index (κ1) is 14.9. The Labute approximate surface area is 128 Å². The molecule has 1 saturated heterocycles. The van der Waals surface area contributed by atoms with Gasteiger partial charge in [-0.1, -0.05) is 19.9 Å². The van der Waals surface area contributed by atoms with Crippen LogP contribution in [0.15, 0.2) is 12.1 Å². The maximum absolute atomic E-state index is 10.3. The topological polar surface area (TPSA) is 35.5 Å². The first-order chi connectivity index (χ1) is 10.1. The molecule has 0 amide bonds. The smallest absolute Gasteiger partial charge is 0.120 e. The third kappa shape index (κ3) is 2.82. The second kappa shape index (κ2) is 5.98. The Hall–Kier alpha value is -1.06. The molecule has 2 N–H and O–H groups in total. The fourth-order valence-corrected chi connectivity index (χ4v) is 4.20. The number of benzene rings is 1. The number of aryl methyl sites for hydroxylation is 1. The summed E-state index contributed by atoms with van der Waals surface area (Å²) in [5, 5.41) is 14.0. The molecule has 0 spiro atoms. The first-order valence-electron chi connectivity index (χ1n) is 8.38. The lowest BCUT2D eigenvalue weighted by atomic mass is 9.97. The number of fused-ring (bicyclic) bond motifs is 1. The maximum atomic E-state index is 10.3. The van der Waals surface area contributed by atoms with Gasteiger partial charge in [-0.05, 0) is 68.4 Å². The summed E-state index contributed by atoms with van der Waals surface area (Å²) in [5.41, 5.74) is 3.85. The molecule has 0 bridgehead atoms. The Morgan fingerprint density at radius 1 is 1.33 bits per heavy atom. The molecule has 1 aliphatic carbocycles. The summed E-state index contributed by atoms with van der Waals surface area (Å²) in [6.45, 7) is 11.4. The third-order valence-electron chi connectivity index (χ3n) is 5.38. The molecule has 3 atom stereocenters. The van der Waals surface area contributed by atoms with E-state index in [1.165, 1.54) is 37.2 Å². The highest BCUT2D eigenvalue weighted by atomic mass is 16.3. The molecule has 1 aromatic carbocycles. The van der Waals surface area contributed by atoms with Gasteiger partial charge in [-0.3, -0.25) is 0 Å². The molecule has 21 heavy (non-hydrogen) atoms. The minimum atomic E-state index is 0.325. The first-order valence-corrected chi connectivity index (χ1v) is 8.38. The number of hydrogen-bond donors (Lipinski definition) is 2. The predicted molar refractivity (Wildman–Crippen MR) is 86.8 cm³/mol. The number of phenols is 1. The van der Waals surface area contributed by atoms with E-state index in [0.29, 0.717) is 17.7 Å². The molecule has 116 valence electrons. The van der Waals surface area contributed by atoms with Crippen molar-refractivity contribution in [1.82, 2.24) is 10.2 Å². The van der Waals surface area contributed by atoms with Crippen molar-refractivity contribution in [2.45, 2.75) is 45.6 Å². The molecule has 3 heteroatoms. The van der Waals surface area contributed by atoms with Gasteiger partial charge in [-0.2, -0.15) is 0 Å². The molecule has 0 saturated carbocycles. The number of phenolic OH excluding ortho intramolecular Hbond substituents is 1. The van der Waals surface area contributed by atoms with Gasteiger partial charge in [-0.25, -0.2) is 0 Å². The summed E-state index contributed by atoms with van der Waals surface area (Å²) in [6.07, 6.45) is 2.41. The number of nitrogens with one attached hydrogen (secondary N) is 1. The van der Waals surface area contributed by atoms with Crippen LogP contribution >= 0.6 is 0 Å². The van der Waals surface area contributed by atoms with Gasteiger partial charge in [0.1, 0.15) is 5.75 Å². The predicted octanol–water partition coefficient (Wildman–Crippen LogP) is 3.18. The molecule has 3 nitrogen and oxygen atoms in total. The number of rotatable bonds is 4. The zero-order valence-electron chi connectivity index (χ0n) is 13.5. The molecule has 2 aliphatic rings. The number of nitrogens with zero attached hydrogens (tertiary/aromatic N) is 1. The molecule has 3 unspecified atom stereocenters. The minimum absolute atomic E-state index is 0.325. The fourth-order valence-electron chi connectivity index (χ4n) is 4.20. The number of aromatic hydroxyl groups is 1. The zero-order chi connectivity index (χ0) is 15.0. The molecule has 1 aromatic rings. The second-order valence-corrected chi connectivity index (χ2v) is 6.87. The molecule has 0 radical (unpaired) electrons. The van der Waals surface area contributed by atoms with Gasteiger partial charge < -0.3 is 15.3 Å². The Balaban J connectivity index is 1.68. The summed E-state index contributed by atoms with van der Waals surface area (Å²) in [5.74, 6) is 1.77. The van der Waals surface area contributed by atoms with Gasteiger partial charge in [0.25, 0.3) is 0 Å². The van der Waals surface area contributed by atoms with E-state index < -0.39 is 0 Å². The van der Waals surface area contributed by atoms with E-state index in [9.17, 15) is 5.11 Å². The largest absolute Gasteiger partial charge is 0.508 e. The van der Waals surface area contributed by atoms with Crippen LogP contribution in [0.3, 0.4) is 0 Å². The van der Waals surface area contributed by atoms with Crippen LogP contribution in [0.4, 0.5) is 0 Å². The van der Waals surface area contributed by atoms with Crippen LogP contribution < -0.4 is 5.32 Å². The van der Waals surface area contributed by atoms with Crippen molar-refractivity contribution >= 4 is 0 Å². The standard InChI is InChI=1S/C18H28N2O/c1-4-20-8-7-14(11-20)10-19-15-9-13(3)17-12(2)5-6-16(21)18(15)17/h5-6,13-15,19,21H,4,7-11H2,1-3H3. The number of likely N-dealkylation sites (tertiary alicyclic amines) is 1. The Morgan fingerprint density at radius 2 is 2.14 bits per heavy atom. The number of hydrogen-bond acceptors (Lipinski definition) is 3. The summed E-state index contributed by atoms with van der Waals surface area (Å²) in [6, 6.07) is 4.23. The highest BCUT2D eigenvalue weighted by molar-refractivity contribution is 5.50. The highest BCUT2D eigenvalue weighted by Gasteiger charge is 2.32. The highest BCUT2D eigenvalue weighted by Crippen LogP contribution is 2.45. The Bertz CT molecular complexity index is 514. The van der Waals surface area contributed by atoms with E-state index in [2.05, 4.69) is 31.0 Å². The van der Waals surface area contributed by atoms with Crippen LogP contribution in [-0.2, 0) is 0 Å². The summed E-state index contributed by atoms with van der Waals surface area (Å²) >= 11 is 0. The van der Waals surface area contributed by atoms with Crippen molar-refractivity contribution in [3.63, 3.8) is 0 Å². The molecular formula is C18H28N2O. The zero-order valence-corrected chi connectivity index (χ0v) is 13.5. The Morgan fingerprint density at radius 3 is 2.86 bits per heavy atom. The van der Waals surface area contributed by atoms with Crippen molar-refractivity contribution in [3.8, 4) is 5.75 Å². The van der Waals surface area contributed by atoms with Crippen LogP contribution in [0.5, 0.6) is 5.75 Å². The lowest BCUT2D eigenvalue weighted by Crippen LogP contribution is -2.28. The second-order valence-electron chi connectivity index (χ2n) is 6.87. The van der Waals surface area contributed by atoms with Crippen molar-refractivity contribution in [1.29, 1.82) is 0 Å². The average Bonchev–Trinajstić information content (AvgIpc) is 3.05. The molecule has 3 rings (SSSR count). The fraction of sp³-hybridized carbons (Fsp3) is 0.667. The van der Waals surface area contributed by atoms with E-state index in [4.69, 9.17) is 0 Å². The van der Waals surface area contributed by atoms with Gasteiger partial charge in [-0.15, -0.1) is 0 Å². The van der Waals surface area contributed by atoms with Crippen LogP contribution in [-0.4, -0.2) is 36.2 Å². The van der Waals surface area contributed by atoms with E-state index in [-0.39, 0.29) is 0 Å². The van der Waals surface area contributed by atoms with Crippen LogP contribution in [0, 0.1) is 12.8 Å². The van der Waals surface area contributed by atoms with Crippen LogP contribution in [0.2, 0.25) is 0 Å². The van der Waals surface area contributed by atoms with Crippen molar-refractivity contribution in [2.24, 2.45) is 5.92 Å². The van der Waals surface area contributed by atoms with Crippen molar-refractivity contribution < 1.29 is 5.11 Å². The normalized spacial score (nSPS) is 29.0. The molecule has 0 aromatic heterocycles. The summed E-state index contributed by atoms with van der Waals surface area (Å²) < 4.78 is 0. The van der Waals surface area contributed by atoms with E-state index in [1.54, 1.807) is 0 Å². The van der Waals surface area contributed by atoms with Gasteiger partial charge in [0.2, 0.25) is 0 Å². The monoisotopic (exact) mass is 288 g/mol. The summed E-state index contributed by atoms with van der Waals surface area (Å²) in [7, 11) is 0. The SMILES string of the molecule is CCN1CCC(CNC2CC(C)c3c(C)ccc(O)c32)C1. The minimum Gasteiger partial charge on any atom is -0.508 e. The van der Waals surface area contributed by atoms with Crippen molar-refractivity contribution in [2.75, 3.05) is 26.2 Å². The van der Waals surface area contributed by atoms with Crippen molar-refractivity contribution in [3.05, 3.63) is 28.8 Å². The van der Waals surface area contributed by atoms with Crippen LogP contribution in [0.1, 0.15) is 55.3 Å². The maximum Gasteiger partial charge on any atom is 0.120 e. The molecule has 1 aliphatic heterocycles. The lowest BCUT2D eigenvalue weighted by Gasteiger charge is -2.19. The average molecular weight is 288 g/mol. The lowest BCUT2D eigenvalue weighted by molar-refractivity contribution is 0.333. The Kier molecular flexibility index (Phi) is 4.23. The quantitative estimate of drug-likeness (QED) is 0.893. The van der Waals surface area contributed by atoms with Crippen LogP contribution in [0.25, 0.3) is 0 Å². The van der Waals surface area contributed by atoms with Gasteiger partial charge in [0.05, 0.1) is 0 Å².